The van der Waals surface area contributed by atoms with Gasteiger partial charge in [-0.2, -0.15) is 0 Å². The Balaban J connectivity index is 0.000000255. The monoisotopic (exact) mass is 318 g/mol. The van der Waals surface area contributed by atoms with Crippen molar-refractivity contribution in [2.45, 2.75) is 33.2 Å². The third-order valence-corrected chi connectivity index (χ3v) is 4.68. The van der Waals surface area contributed by atoms with Gasteiger partial charge in [0.15, 0.2) is 0 Å². The Labute approximate surface area is 141 Å². The molecule has 2 heteroatoms. The topological polar surface area (TPSA) is 0 Å². The molecule has 120 valence electrons. The molecular formula is C20H29ClN+. The first kappa shape index (κ1) is 18.7. The summed E-state index contributed by atoms with van der Waals surface area (Å²) in [5.74, 6) is 0.612. The van der Waals surface area contributed by atoms with Gasteiger partial charge in [0.1, 0.15) is 6.54 Å². The summed E-state index contributed by atoms with van der Waals surface area (Å²) >= 11 is 5.53. The summed E-state index contributed by atoms with van der Waals surface area (Å²) in [6.07, 6.45) is 0. The summed E-state index contributed by atoms with van der Waals surface area (Å²) in [5, 5.41) is 0. The molecule has 0 aliphatic rings. The van der Waals surface area contributed by atoms with E-state index in [0.29, 0.717) is 5.88 Å². The fourth-order valence-corrected chi connectivity index (χ4v) is 2.72. The zero-order valence-electron chi connectivity index (χ0n) is 14.1. The van der Waals surface area contributed by atoms with Gasteiger partial charge in [-0.15, -0.1) is 11.6 Å². The van der Waals surface area contributed by atoms with Crippen molar-refractivity contribution < 1.29 is 4.48 Å². The minimum atomic E-state index is 0.612. The maximum atomic E-state index is 5.53. The molecular weight excluding hydrogens is 290 g/mol. The molecule has 0 aromatic heterocycles. The van der Waals surface area contributed by atoms with Gasteiger partial charge in [-0.25, -0.2) is 0 Å². The Bertz CT molecular complexity index is 483. The predicted molar refractivity (Wildman–Crippen MR) is 98.0 cm³/mol. The van der Waals surface area contributed by atoms with Crippen LogP contribution in [0.4, 0.5) is 0 Å². The highest BCUT2D eigenvalue weighted by molar-refractivity contribution is 6.17. The summed E-state index contributed by atoms with van der Waals surface area (Å²) in [7, 11) is 0. The zero-order chi connectivity index (χ0) is 16.3. The maximum absolute atomic E-state index is 5.53. The SMILES string of the molecule is CC[N+](CC)(CC)Cc1ccccc1.ClCc1ccccc1. The summed E-state index contributed by atoms with van der Waals surface area (Å²) in [6.45, 7) is 11.7. The Kier molecular flexibility index (Phi) is 8.88. The number of hydrogen-bond acceptors (Lipinski definition) is 0. The predicted octanol–water partition coefficient (Wildman–Crippen LogP) is 5.49. The molecule has 0 atom stereocenters. The second-order valence-corrected chi connectivity index (χ2v) is 5.82. The molecule has 0 fully saturated rings. The van der Waals surface area contributed by atoms with E-state index in [-0.39, 0.29) is 0 Å². The van der Waals surface area contributed by atoms with Crippen LogP contribution >= 0.6 is 11.6 Å². The van der Waals surface area contributed by atoms with Crippen LogP contribution in [-0.2, 0) is 12.4 Å². The highest BCUT2D eigenvalue weighted by Gasteiger charge is 2.20. The molecule has 0 heterocycles. The smallest absolute Gasteiger partial charge is 0.104 e. The summed E-state index contributed by atoms with van der Waals surface area (Å²) in [6, 6.07) is 20.8. The van der Waals surface area contributed by atoms with Gasteiger partial charge in [-0.05, 0) is 26.3 Å². The lowest BCUT2D eigenvalue weighted by Crippen LogP contribution is -2.46. The van der Waals surface area contributed by atoms with E-state index in [1.807, 2.05) is 30.3 Å². The number of rotatable bonds is 6. The van der Waals surface area contributed by atoms with Crippen LogP contribution < -0.4 is 0 Å². The highest BCUT2D eigenvalue weighted by atomic mass is 35.5. The molecule has 0 N–H and O–H groups in total. The van der Waals surface area contributed by atoms with Crippen LogP contribution in [0.15, 0.2) is 60.7 Å². The van der Waals surface area contributed by atoms with E-state index in [1.54, 1.807) is 0 Å². The molecule has 0 amide bonds. The molecule has 0 spiro atoms. The molecule has 0 saturated heterocycles. The number of benzene rings is 2. The van der Waals surface area contributed by atoms with Gasteiger partial charge in [-0.1, -0.05) is 60.7 Å². The van der Waals surface area contributed by atoms with Gasteiger partial charge >= 0.3 is 0 Å². The van der Waals surface area contributed by atoms with Gasteiger partial charge in [0, 0.05) is 11.4 Å². The third-order valence-electron chi connectivity index (χ3n) is 4.37. The Morgan fingerprint density at radius 2 is 1.09 bits per heavy atom. The molecule has 0 bridgehead atoms. The number of quaternary nitrogens is 1. The first-order valence-electron chi connectivity index (χ1n) is 8.18. The fourth-order valence-electron chi connectivity index (χ4n) is 2.54. The van der Waals surface area contributed by atoms with E-state index in [9.17, 15) is 0 Å². The largest absolute Gasteiger partial charge is 0.321 e. The van der Waals surface area contributed by atoms with Crippen LogP contribution in [0.3, 0.4) is 0 Å². The van der Waals surface area contributed by atoms with E-state index < -0.39 is 0 Å². The Morgan fingerprint density at radius 3 is 1.41 bits per heavy atom. The van der Waals surface area contributed by atoms with Gasteiger partial charge in [0.2, 0.25) is 0 Å². The molecule has 0 aliphatic heterocycles. The van der Waals surface area contributed by atoms with Crippen LogP contribution in [-0.4, -0.2) is 24.1 Å². The first-order valence-corrected chi connectivity index (χ1v) is 8.72. The van der Waals surface area contributed by atoms with Gasteiger partial charge in [0.25, 0.3) is 0 Å². The van der Waals surface area contributed by atoms with Crippen LogP contribution in [0.1, 0.15) is 31.9 Å². The van der Waals surface area contributed by atoms with Gasteiger partial charge < -0.3 is 4.48 Å². The molecule has 2 aromatic carbocycles. The minimum absolute atomic E-state index is 0.612. The maximum Gasteiger partial charge on any atom is 0.104 e. The molecule has 2 aromatic rings. The molecule has 0 radical (unpaired) electrons. The van der Waals surface area contributed by atoms with E-state index >= 15 is 0 Å². The third kappa shape index (κ3) is 6.21. The average Bonchev–Trinajstić information content (AvgIpc) is 2.62. The standard InChI is InChI=1S/C13H22N.C7H7Cl/c1-4-14(5-2,6-3)12-13-10-8-7-9-11-13;8-6-7-4-2-1-3-5-7/h7-11H,4-6,12H2,1-3H3;1-5H,6H2/q+1;. The van der Waals surface area contributed by atoms with Crippen molar-refractivity contribution in [3.8, 4) is 0 Å². The second kappa shape index (κ2) is 10.4. The summed E-state index contributed by atoms with van der Waals surface area (Å²) in [4.78, 5) is 0. The van der Waals surface area contributed by atoms with Crippen molar-refractivity contribution in [2.24, 2.45) is 0 Å². The Hall–Kier alpha value is -1.31. The van der Waals surface area contributed by atoms with Crippen molar-refractivity contribution in [3.63, 3.8) is 0 Å². The normalized spacial score (nSPS) is 10.7. The lowest BCUT2D eigenvalue weighted by atomic mass is 10.2. The summed E-state index contributed by atoms with van der Waals surface area (Å²) in [5.41, 5.74) is 2.63. The highest BCUT2D eigenvalue weighted by Crippen LogP contribution is 2.13. The van der Waals surface area contributed by atoms with Gasteiger partial charge in [-0.3, -0.25) is 0 Å². The number of halogens is 1. The van der Waals surface area contributed by atoms with Gasteiger partial charge in [0.05, 0.1) is 19.6 Å². The number of alkyl halides is 1. The lowest BCUT2D eigenvalue weighted by molar-refractivity contribution is -0.936. The first-order chi connectivity index (χ1) is 10.7. The van der Waals surface area contributed by atoms with Crippen molar-refractivity contribution in [1.29, 1.82) is 0 Å². The number of hydrogen-bond donors (Lipinski definition) is 0. The molecule has 1 nitrogen and oxygen atoms in total. The van der Waals surface area contributed by atoms with E-state index in [1.165, 1.54) is 41.8 Å². The lowest BCUT2D eigenvalue weighted by Gasteiger charge is -2.35. The van der Waals surface area contributed by atoms with E-state index in [2.05, 4.69) is 51.1 Å². The fraction of sp³-hybridized carbons (Fsp3) is 0.400. The van der Waals surface area contributed by atoms with Crippen molar-refractivity contribution in [3.05, 3.63) is 71.8 Å². The molecule has 0 aliphatic carbocycles. The molecule has 0 unspecified atom stereocenters. The molecule has 2 rings (SSSR count). The zero-order valence-corrected chi connectivity index (χ0v) is 14.9. The average molecular weight is 319 g/mol. The quantitative estimate of drug-likeness (QED) is 0.488. The van der Waals surface area contributed by atoms with E-state index in [4.69, 9.17) is 11.6 Å². The van der Waals surface area contributed by atoms with Crippen molar-refractivity contribution in [2.75, 3.05) is 19.6 Å². The van der Waals surface area contributed by atoms with E-state index in [0.717, 1.165) is 0 Å². The van der Waals surface area contributed by atoms with Crippen molar-refractivity contribution in [1.82, 2.24) is 0 Å². The molecule has 0 saturated carbocycles. The van der Waals surface area contributed by atoms with Crippen LogP contribution in [0.5, 0.6) is 0 Å². The van der Waals surface area contributed by atoms with Crippen LogP contribution in [0, 0.1) is 0 Å². The molecule has 22 heavy (non-hydrogen) atoms. The minimum Gasteiger partial charge on any atom is -0.321 e. The van der Waals surface area contributed by atoms with Crippen LogP contribution in [0.2, 0.25) is 0 Å². The van der Waals surface area contributed by atoms with Crippen molar-refractivity contribution >= 4 is 11.6 Å². The Morgan fingerprint density at radius 1 is 0.682 bits per heavy atom. The number of nitrogens with zero attached hydrogens (tertiary/aromatic N) is 1. The van der Waals surface area contributed by atoms with Crippen LogP contribution in [0.25, 0.3) is 0 Å². The second-order valence-electron chi connectivity index (χ2n) is 5.55. The summed E-state index contributed by atoms with van der Waals surface area (Å²) < 4.78 is 1.20.